The number of carbonyl (C=O) groups excluding carboxylic acids is 1. The second-order valence-corrected chi connectivity index (χ2v) is 4.08. The van der Waals surface area contributed by atoms with Gasteiger partial charge in [0.1, 0.15) is 0 Å². The van der Waals surface area contributed by atoms with Crippen LogP contribution in [0.25, 0.3) is 0 Å². The highest BCUT2D eigenvalue weighted by atomic mass is 16.6. The maximum Gasteiger partial charge on any atom is 0.376 e. The van der Waals surface area contributed by atoms with Crippen molar-refractivity contribution >= 4 is 23.2 Å². The van der Waals surface area contributed by atoms with E-state index < -0.39 is 22.1 Å². The Balaban J connectivity index is 2.45. The fraction of sp³-hybridized carbons (Fsp3) is 0.154. The molecule has 0 radical (unpaired) electrons. The van der Waals surface area contributed by atoms with Crippen molar-refractivity contribution < 1.29 is 14.5 Å². The Morgan fingerprint density at radius 2 is 2.18 bits per heavy atom. The molecule has 9 nitrogen and oxygen atoms in total. The summed E-state index contributed by atoms with van der Waals surface area (Å²) in [5, 5.41) is 13.6. The Bertz CT molecular complexity index is 771. The molecule has 1 aromatic carbocycles. The minimum atomic E-state index is -0.892. The summed E-state index contributed by atoms with van der Waals surface area (Å²) in [4.78, 5) is 39.4. The molecule has 1 aromatic heterocycles. The number of hydrogen-bond donors (Lipinski definition) is 2. The third-order valence-corrected chi connectivity index (χ3v) is 2.69. The lowest BCUT2D eigenvalue weighted by Gasteiger charge is -2.10. The van der Waals surface area contributed by atoms with Gasteiger partial charge in [-0.05, 0) is 19.1 Å². The molecule has 1 heterocycles. The summed E-state index contributed by atoms with van der Waals surface area (Å²) >= 11 is 0. The van der Waals surface area contributed by atoms with Crippen LogP contribution in [0.1, 0.15) is 17.3 Å². The monoisotopic (exact) mass is 304 g/mol. The zero-order chi connectivity index (χ0) is 16.1. The van der Waals surface area contributed by atoms with Gasteiger partial charge in [-0.15, -0.1) is 0 Å². The van der Waals surface area contributed by atoms with Gasteiger partial charge in [0.2, 0.25) is 5.82 Å². The number of benzene rings is 1. The van der Waals surface area contributed by atoms with Crippen molar-refractivity contribution in [3.8, 4) is 0 Å². The van der Waals surface area contributed by atoms with Gasteiger partial charge >= 0.3 is 17.2 Å². The molecule has 2 aromatic rings. The van der Waals surface area contributed by atoms with Crippen LogP contribution in [0.5, 0.6) is 0 Å². The van der Waals surface area contributed by atoms with Gasteiger partial charge in [-0.1, -0.05) is 12.1 Å². The lowest BCUT2D eigenvalue weighted by molar-refractivity contribution is -0.385. The first-order valence-corrected chi connectivity index (χ1v) is 6.29. The minimum Gasteiger partial charge on any atom is -0.462 e. The van der Waals surface area contributed by atoms with E-state index in [0.717, 1.165) is 6.33 Å². The van der Waals surface area contributed by atoms with Crippen molar-refractivity contribution in [3.63, 3.8) is 0 Å². The number of nitro groups is 1. The summed E-state index contributed by atoms with van der Waals surface area (Å²) in [6, 6.07) is 6.28. The molecule has 0 saturated carbocycles. The van der Waals surface area contributed by atoms with Gasteiger partial charge in [0.25, 0.3) is 0 Å². The van der Waals surface area contributed by atoms with E-state index in [0.29, 0.717) is 0 Å². The molecule has 0 aliphatic rings. The van der Waals surface area contributed by atoms with Crippen LogP contribution in [-0.2, 0) is 4.74 Å². The summed E-state index contributed by atoms with van der Waals surface area (Å²) in [5.74, 6) is -0.844. The van der Waals surface area contributed by atoms with Crippen LogP contribution in [0, 0.1) is 10.1 Å². The number of H-pyrrole nitrogens is 1. The molecule has 0 fully saturated rings. The lowest BCUT2D eigenvalue weighted by atomic mass is 10.2. The molecule has 0 bridgehead atoms. The molecular formula is C13H12N4O5. The summed E-state index contributed by atoms with van der Waals surface area (Å²) in [7, 11) is 0. The third kappa shape index (κ3) is 3.08. The van der Waals surface area contributed by atoms with Crippen molar-refractivity contribution in [2.45, 2.75) is 6.92 Å². The molecule has 0 amide bonds. The Morgan fingerprint density at radius 1 is 1.45 bits per heavy atom. The van der Waals surface area contributed by atoms with Crippen molar-refractivity contribution in [1.29, 1.82) is 0 Å². The second kappa shape index (κ2) is 6.48. The van der Waals surface area contributed by atoms with E-state index in [9.17, 15) is 19.7 Å². The average molecular weight is 304 g/mol. The number of rotatable bonds is 5. The van der Waals surface area contributed by atoms with E-state index >= 15 is 0 Å². The van der Waals surface area contributed by atoms with Crippen molar-refractivity contribution in [2.24, 2.45) is 0 Å². The van der Waals surface area contributed by atoms with Crippen LogP contribution in [-0.4, -0.2) is 27.5 Å². The van der Waals surface area contributed by atoms with E-state index in [1.807, 2.05) is 0 Å². The summed E-state index contributed by atoms with van der Waals surface area (Å²) < 4.78 is 4.91. The van der Waals surface area contributed by atoms with E-state index in [1.54, 1.807) is 19.1 Å². The van der Waals surface area contributed by atoms with Gasteiger partial charge in [0.15, 0.2) is 0 Å². The number of esters is 1. The molecule has 22 heavy (non-hydrogen) atoms. The number of nitrogens with zero attached hydrogens (tertiary/aromatic N) is 2. The maximum atomic E-state index is 11.9. The van der Waals surface area contributed by atoms with Crippen LogP contribution in [0.15, 0.2) is 35.4 Å². The van der Waals surface area contributed by atoms with Gasteiger partial charge in [-0.2, -0.15) is 0 Å². The van der Waals surface area contributed by atoms with E-state index in [2.05, 4.69) is 15.3 Å². The van der Waals surface area contributed by atoms with Crippen LogP contribution >= 0.6 is 0 Å². The molecule has 0 saturated heterocycles. The first-order chi connectivity index (χ1) is 10.5. The Morgan fingerprint density at radius 3 is 2.86 bits per heavy atom. The van der Waals surface area contributed by atoms with Crippen LogP contribution in [0.3, 0.4) is 0 Å². The largest absolute Gasteiger partial charge is 0.462 e. The SMILES string of the molecule is CCOC(=O)c1ccccc1Nc1nc[nH]c(=O)c1[N+](=O)[O-]. The molecular weight excluding hydrogens is 292 g/mol. The van der Waals surface area contributed by atoms with Crippen molar-refractivity contribution in [2.75, 3.05) is 11.9 Å². The van der Waals surface area contributed by atoms with E-state index in [-0.39, 0.29) is 23.7 Å². The fourth-order valence-electron chi connectivity index (χ4n) is 1.76. The van der Waals surface area contributed by atoms with E-state index in [4.69, 9.17) is 4.74 Å². The summed E-state index contributed by atoms with van der Waals surface area (Å²) in [6.45, 7) is 1.85. The number of carbonyl (C=O) groups is 1. The number of anilines is 2. The standard InChI is InChI=1S/C13H12N4O5/c1-2-22-13(19)8-5-3-4-6-9(8)16-11-10(17(20)21)12(18)15-7-14-11/h3-7H,2H2,1H3,(H2,14,15,16,18). The number of hydrogen-bond acceptors (Lipinski definition) is 7. The topological polar surface area (TPSA) is 127 Å². The fourth-order valence-corrected chi connectivity index (χ4v) is 1.76. The average Bonchev–Trinajstić information content (AvgIpc) is 2.47. The molecule has 2 rings (SSSR count). The molecule has 0 aliphatic carbocycles. The minimum absolute atomic E-state index is 0.181. The maximum absolute atomic E-state index is 11.9. The van der Waals surface area contributed by atoms with E-state index in [1.165, 1.54) is 12.1 Å². The number of para-hydroxylation sites is 1. The predicted molar refractivity (Wildman–Crippen MR) is 77.2 cm³/mol. The van der Waals surface area contributed by atoms with Crippen molar-refractivity contribution in [3.05, 3.63) is 56.6 Å². The normalized spacial score (nSPS) is 10.0. The van der Waals surface area contributed by atoms with Gasteiger partial charge in [-0.3, -0.25) is 14.9 Å². The highest BCUT2D eigenvalue weighted by Gasteiger charge is 2.22. The van der Waals surface area contributed by atoms with Crippen molar-refractivity contribution in [1.82, 2.24) is 9.97 Å². The summed E-state index contributed by atoms with van der Waals surface area (Å²) in [6.07, 6.45) is 1.03. The van der Waals surface area contributed by atoms with Gasteiger partial charge in [0, 0.05) is 0 Å². The van der Waals surface area contributed by atoms with Gasteiger partial charge in [-0.25, -0.2) is 9.78 Å². The summed E-state index contributed by atoms with van der Waals surface area (Å²) in [5.41, 5.74) is -1.19. The van der Waals surface area contributed by atoms with Crippen LogP contribution < -0.4 is 10.9 Å². The van der Waals surface area contributed by atoms with Crippen LogP contribution in [0.4, 0.5) is 17.2 Å². The Labute approximate surface area is 124 Å². The molecule has 0 spiro atoms. The smallest absolute Gasteiger partial charge is 0.376 e. The Kier molecular flexibility index (Phi) is 4.47. The van der Waals surface area contributed by atoms with Gasteiger partial charge in [0.05, 0.1) is 29.1 Å². The zero-order valence-electron chi connectivity index (χ0n) is 11.5. The molecule has 9 heteroatoms. The quantitative estimate of drug-likeness (QED) is 0.487. The third-order valence-electron chi connectivity index (χ3n) is 2.69. The predicted octanol–water partition coefficient (Wildman–Crippen LogP) is 1.60. The molecule has 114 valence electrons. The number of nitrogens with one attached hydrogen (secondary N) is 2. The molecule has 0 atom stereocenters. The molecule has 0 unspecified atom stereocenters. The van der Waals surface area contributed by atoms with Gasteiger partial charge < -0.3 is 15.0 Å². The lowest BCUT2D eigenvalue weighted by Crippen LogP contribution is -2.15. The highest BCUT2D eigenvalue weighted by Crippen LogP contribution is 2.24. The number of ether oxygens (including phenoxy) is 1. The molecule has 2 N–H and O–H groups in total. The Hall–Kier alpha value is -3.23. The number of aromatic nitrogens is 2. The highest BCUT2D eigenvalue weighted by molar-refractivity contribution is 5.96. The first kappa shape index (κ1) is 15.2. The van der Waals surface area contributed by atoms with Crippen LogP contribution in [0.2, 0.25) is 0 Å². The molecule has 0 aliphatic heterocycles. The second-order valence-electron chi connectivity index (χ2n) is 4.08. The number of aromatic amines is 1. The zero-order valence-corrected chi connectivity index (χ0v) is 11.5. The first-order valence-electron chi connectivity index (χ1n) is 6.29.